The first-order valence-corrected chi connectivity index (χ1v) is 12.6. The van der Waals surface area contributed by atoms with Crippen molar-refractivity contribution in [2.24, 2.45) is 23.7 Å². The Morgan fingerprint density at radius 1 is 1.14 bits per heavy atom. The molecular formula is C26H35NO8. The summed E-state index contributed by atoms with van der Waals surface area (Å²) in [5, 5.41) is 11.8. The van der Waals surface area contributed by atoms with Crippen LogP contribution in [0.5, 0.6) is 5.75 Å². The summed E-state index contributed by atoms with van der Waals surface area (Å²) >= 11 is 0. The lowest BCUT2D eigenvalue weighted by Gasteiger charge is -2.60. The van der Waals surface area contributed by atoms with Gasteiger partial charge in [-0.3, -0.25) is 4.79 Å². The molecule has 1 spiro atoms. The van der Waals surface area contributed by atoms with Crippen LogP contribution in [0.15, 0.2) is 24.3 Å². The highest BCUT2D eigenvalue weighted by Crippen LogP contribution is 2.60. The second kappa shape index (κ2) is 9.03. The van der Waals surface area contributed by atoms with Crippen LogP contribution in [0.4, 0.5) is 0 Å². The van der Waals surface area contributed by atoms with E-state index in [9.17, 15) is 14.7 Å². The van der Waals surface area contributed by atoms with Gasteiger partial charge in [0.1, 0.15) is 11.8 Å². The maximum Gasteiger partial charge on any atom is 0.326 e. The Kier molecular flexibility index (Phi) is 6.32. The molecule has 4 aliphatic heterocycles. The molecule has 1 aromatic carbocycles. The molecule has 35 heavy (non-hydrogen) atoms. The van der Waals surface area contributed by atoms with Crippen LogP contribution in [0.3, 0.4) is 0 Å². The highest BCUT2D eigenvalue weighted by Gasteiger charge is 2.69. The third-order valence-corrected chi connectivity index (χ3v) is 8.39. The SMILES string of the molecule is CC(=O)N[C@@H](Cc1ccc(O[C@H]2O[C@@H]3O[C@@]4(C)CC[C@H]5[C@H](C)CC[C@@H]([C@H]2C)[C@@]35OO4)cc1)C(=O)O. The summed E-state index contributed by atoms with van der Waals surface area (Å²) in [6, 6.07) is 6.24. The molecule has 192 valence electrons. The molecule has 5 fully saturated rings. The monoisotopic (exact) mass is 489 g/mol. The van der Waals surface area contributed by atoms with Crippen molar-refractivity contribution in [2.75, 3.05) is 0 Å². The Morgan fingerprint density at radius 2 is 1.89 bits per heavy atom. The van der Waals surface area contributed by atoms with Crippen molar-refractivity contribution in [1.29, 1.82) is 0 Å². The second-order valence-electron chi connectivity index (χ2n) is 10.8. The molecule has 0 aromatic heterocycles. The number of ether oxygens (including phenoxy) is 3. The van der Waals surface area contributed by atoms with Gasteiger partial charge in [-0.15, -0.1) is 0 Å². The van der Waals surface area contributed by atoms with E-state index >= 15 is 0 Å². The number of fused-ring (bicyclic) bond motifs is 2. The number of carboxylic acid groups (broad SMARTS) is 1. The maximum atomic E-state index is 11.4. The summed E-state index contributed by atoms with van der Waals surface area (Å²) in [7, 11) is 0. The zero-order valence-corrected chi connectivity index (χ0v) is 20.7. The summed E-state index contributed by atoms with van der Waals surface area (Å²) in [5.74, 6) is -0.657. The highest BCUT2D eigenvalue weighted by molar-refractivity contribution is 5.82. The van der Waals surface area contributed by atoms with Crippen molar-refractivity contribution >= 4 is 11.9 Å². The van der Waals surface area contributed by atoms with Gasteiger partial charge in [0, 0.05) is 31.6 Å². The first kappa shape index (κ1) is 24.5. The predicted octanol–water partition coefficient (Wildman–Crippen LogP) is 3.41. The Labute approximate surface area is 205 Å². The van der Waals surface area contributed by atoms with Crippen molar-refractivity contribution in [3.05, 3.63) is 29.8 Å². The topological polar surface area (TPSA) is 113 Å². The van der Waals surface area contributed by atoms with E-state index in [1.807, 2.05) is 19.1 Å². The smallest absolute Gasteiger partial charge is 0.326 e. The number of nitrogens with one attached hydrogen (secondary N) is 1. The minimum Gasteiger partial charge on any atom is -0.480 e. The van der Waals surface area contributed by atoms with Crippen molar-refractivity contribution < 1.29 is 38.7 Å². The molecule has 0 radical (unpaired) electrons. The van der Waals surface area contributed by atoms with Crippen LogP contribution in [0.25, 0.3) is 0 Å². The molecule has 6 rings (SSSR count). The molecule has 1 amide bonds. The van der Waals surface area contributed by atoms with E-state index in [0.29, 0.717) is 17.6 Å². The van der Waals surface area contributed by atoms with Crippen LogP contribution in [-0.4, -0.2) is 47.0 Å². The number of carbonyl (C=O) groups excluding carboxylic acids is 1. The number of hydrogen-bond donors (Lipinski definition) is 2. The van der Waals surface area contributed by atoms with Gasteiger partial charge < -0.3 is 24.6 Å². The van der Waals surface area contributed by atoms with Crippen molar-refractivity contribution in [3.8, 4) is 5.75 Å². The molecule has 4 heterocycles. The van der Waals surface area contributed by atoms with Crippen LogP contribution in [-0.2, 0) is 35.3 Å². The highest BCUT2D eigenvalue weighted by atomic mass is 17.3. The number of carboxylic acids is 1. The molecule has 9 heteroatoms. The Bertz CT molecular complexity index is 969. The zero-order chi connectivity index (χ0) is 25.0. The van der Waals surface area contributed by atoms with Gasteiger partial charge in [0.15, 0.2) is 11.9 Å². The lowest BCUT2D eigenvalue weighted by Crippen LogP contribution is -2.70. The third-order valence-electron chi connectivity index (χ3n) is 8.39. The van der Waals surface area contributed by atoms with Gasteiger partial charge in [0.25, 0.3) is 0 Å². The number of amides is 1. The van der Waals surface area contributed by atoms with Crippen LogP contribution in [0.1, 0.15) is 58.9 Å². The van der Waals surface area contributed by atoms with Gasteiger partial charge in [0.05, 0.1) is 0 Å². The van der Waals surface area contributed by atoms with E-state index in [0.717, 1.165) is 31.2 Å². The van der Waals surface area contributed by atoms with Crippen LogP contribution >= 0.6 is 0 Å². The normalized spacial score (nSPS) is 40.8. The number of aliphatic carboxylic acids is 1. The zero-order valence-electron chi connectivity index (χ0n) is 20.7. The molecule has 2 bridgehead atoms. The van der Waals surface area contributed by atoms with Gasteiger partial charge >= 0.3 is 5.97 Å². The number of benzene rings is 1. The van der Waals surface area contributed by atoms with E-state index in [1.165, 1.54) is 6.92 Å². The van der Waals surface area contributed by atoms with Gasteiger partial charge in [-0.2, -0.15) is 0 Å². The number of rotatable bonds is 6. The van der Waals surface area contributed by atoms with Crippen LogP contribution < -0.4 is 10.1 Å². The van der Waals surface area contributed by atoms with E-state index in [1.54, 1.807) is 12.1 Å². The van der Waals surface area contributed by atoms with Crippen molar-refractivity contribution in [1.82, 2.24) is 5.32 Å². The molecule has 5 aliphatic rings. The van der Waals surface area contributed by atoms with Crippen molar-refractivity contribution in [2.45, 2.75) is 89.8 Å². The molecule has 1 saturated carbocycles. The summed E-state index contributed by atoms with van der Waals surface area (Å²) in [5.41, 5.74) is 0.147. The average molecular weight is 490 g/mol. The fourth-order valence-corrected chi connectivity index (χ4v) is 6.53. The Balaban J connectivity index is 1.32. The molecule has 9 nitrogen and oxygen atoms in total. The molecule has 1 aliphatic carbocycles. The lowest BCUT2D eigenvalue weighted by atomic mass is 9.58. The molecule has 0 unspecified atom stereocenters. The molecule has 4 saturated heterocycles. The van der Waals surface area contributed by atoms with Crippen molar-refractivity contribution in [3.63, 3.8) is 0 Å². The first-order chi connectivity index (χ1) is 16.6. The molecule has 9 atom stereocenters. The Morgan fingerprint density at radius 3 is 2.57 bits per heavy atom. The minimum absolute atomic E-state index is 0.0479. The van der Waals surface area contributed by atoms with E-state index in [-0.39, 0.29) is 24.2 Å². The molecule has 1 aromatic rings. The Hall–Kier alpha value is -2.20. The number of carbonyl (C=O) groups is 2. The van der Waals surface area contributed by atoms with Gasteiger partial charge in [0.2, 0.25) is 18.0 Å². The van der Waals surface area contributed by atoms with Crippen LogP contribution in [0.2, 0.25) is 0 Å². The van der Waals surface area contributed by atoms with Gasteiger partial charge in [-0.1, -0.05) is 26.0 Å². The lowest BCUT2D eigenvalue weighted by molar-refractivity contribution is -0.575. The largest absolute Gasteiger partial charge is 0.480 e. The van der Waals surface area contributed by atoms with Gasteiger partial charge in [-0.05, 0) is 55.7 Å². The summed E-state index contributed by atoms with van der Waals surface area (Å²) in [4.78, 5) is 34.8. The quantitative estimate of drug-likeness (QED) is 0.585. The third kappa shape index (κ3) is 4.33. The number of hydrogen-bond acceptors (Lipinski definition) is 7. The van der Waals surface area contributed by atoms with E-state index < -0.39 is 36.0 Å². The summed E-state index contributed by atoms with van der Waals surface area (Å²) in [6.45, 7) is 7.62. The molecular weight excluding hydrogens is 454 g/mol. The fourth-order valence-electron chi connectivity index (χ4n) is 6.53. The average Bonchev–Trinajstić information content (AvgIpc) is 3.03. The second-order valence-corrected chi connectivity index (χ2v) is 10.8. The molecule has 2 N–H and O–H groups in total. The summed E-state index contributed by atoms with van der Waals surface area (Å²) in [6.07, 6.45) is 2.93. The fraction of sp³-hybridized carbons (Fsp3) is 0.692. The maximum absolute atomic E-state index is 11.4. The van der Waals surface area contributed by atoms with Gasteiger partial charge in [-0.25, -0.2) is 14.6 Å². The summed E-state index contributed by atoms with van der Waals surface area (Å²) < 4.78 is 19.1. The minimum atomic E-state index is -1.07. The standard InChI is InChI=1S/C26H35NO8/c1-14-5-10-20-15(2)23(32-24-26(20)19(14)11-12-25(4,33-24)34-35-26)31-18-8-6-17(7-9-18)13-21(22(29)30)27-16(3)28/h6-9,14-15,19-21,23-24H,5,10-13H2,1-4H3,(H,27,28)(H,29,30)/t14-,15-,19+,20+,21+,23+,24-,25-,26-/m1/s1. The van der Waals surface area contributed by atoms with E-state index in [4.69, 9.17) is 24.0 Å². The predicted molar refractivity (Wildman–Crippen MR) is 123 cm³/mol. The van der Waals surface area contributed by atoms with Crippen LogP contribution in [0, 0.1) is 23.7 Å². The van der Waals surface area contributed by atoms with E-state index in [2.05, 4.69) is 19.2 Å². The first-order valence-electron chi connectivity index (χ1n) is 12.6.